The van der Waals surface area contributed by atoms with Gasteiger partial charge in [0.05, 0.1) is 7.11 Å². The molecule has 2 fully saturated rings. The third-order valence-corrected chi connectivity index (χ3v) is 5.70. The molecular weight excluding hydrogens is 386 g/mol. The van der Waals surface area contributed by atoms with Crippen LogP contribution in [0.3, 0.4) is 0 Å². The fourth-order valence-corrected chi connectivity index (χ4v) is 4.02. The van der Waals surface area contributed by atoms with E-state index in [1.54, 1.807) is 26.4 Å². The Morgan fingerprint density at radius 2 is 1.77 bits per heavy atom. The minimum atomic E-state index is -0.394. The van der Waals surface area contributed by atoms with E-state index in [1.807, 2.05) is 0 Å². The first-order chi connectivity index (χ1) is 14.1. The summed E-state index contributed by atoms with van der Waals surface area (Å²) in [4.78, 5) is 29.1. The fraction of sp³-hybridized carbons (Fsp3) is 0.650. The van der Waals surface area contributed by atoms with E-state index < -0.39 is 5.69 Å². The molecule has 10 nitrogen and oxygen atoms in total. The van der Waals surface area contributed by atoms with Crippen molar-refractivity contribution in [2.75, 3.05) is 38.2 Å². The molecule has 1 aliphatic heterocycles. The Morgan fingerprint density at radius 3 is 2.43 bits per heavy atom. The van der Waals surface area contributed by atoms with E-state index in [9.17, 15) is 4.79 Å². The molecule has 0 bridgehead atoms. The van der Waals surface area contributed by atoms with E-state index in [-0.39, 0.29) is 13.5 Å². The number of hydrogen-bond acceptors (Lipinski definition) is 9. The maximum Gasteiger partial charge on any atom is 0.367 e. The van der Waals surface area contributed by atoms with Crippen molar-refractivity contribution in [1.29, 1.82) is 0 Å². The van der Waals surface area contributed by atoms with Crippen LogP contribution in [0.25, 0.3) is 0 Å². The summed E-state index contributed by atoms with van der Waals surface area (Å²) < 4.78 is 12.3. The number of aromatic nitrogens is 5. The Labute approximate surface area is 176 Å². The van der Waals surface area contributed by atoms with Crippen molar-refractivity contribution in [3.8, 4) is 11.8 Å². The van der Waals surface area contributed by atoms with Gasteiger partial charge >= 0.3 is 5.69 Å². The van der Waals surface area contributed by atoms with Gasteiger partial charge < -0.3 is 14.4 Å². The number of hydrogen-bond donors (Lipinski definition) is 0. The summed E-state index contributed by atoms with van der Waals surface area (Å²) in [5.74, 6) is 1.65. The molecule has 1 saturated carbocycles. The van der Waals surface area contributed by atoms with E-state index in [0.717, 1.165) is 57.8 Å². The van der Waals surface area contributed by atoms with Gasteiger partial charge in [0.1, 0.15) is 12.3 Å². The Balaban J connectivity index is 0.00000256. The summed E-state index contributed by atoms with van der Waals surface area (Å²) in [5, 5.41) is 3.96. The fourth-order valence-electron chi connectivity index (χ4n) is 4.02. The van der Waals surface area contributed by atoms with E-state index in [2.05, 4.69) is 29.9 Å². The van der Waals surface area contributed by atoms with Crippen molar-refractivity contribution in [2.24, 2.45) is 7.05 Å². The molecule has 3 heterocycles. The molecule has 0 radical (unpaired) electrons. The first kappa shape index (κ1) is 21.9. The summed E-state index contributed by atoms with van der Waals surface area (Å²) in [5.41, 5.74) is -0.394. The van der Waals surface area contributed by atoms with Crippen molar-refractivity contribution < 1.29 is 9.47 Å². The van der Waals surface area contributed by atoms with Gasteiger partial charge in [-0.05, 0) is 25.7 Å². The van der Waals surface area contributed by atoms with E-state index in [0.29, 0.717) is 17.8 Å². The van der Waals surface area contributed by atoms with Crippen LogP contribution in [-0.4, -0.2) is 75.1 Å². The lowest BCUT2D eigenvalue weighted by Crippen LogP contribution is -2.52. The maximum atomic E-state index is 11.6. The summed E-state index contributed by atoms with van der Waals surface area (Å²) >= 11 is 0. The molecule has 10 heteroatoms. The van der Waals surface area contributed by atoms with Gasteiger partial charge in [0.2, 0.25) is 17.7 Å². The Bertz CT molecular complexity index is 875. The predicted molar refractivity (Wildman–Crippen MR) is 113 cm³/mol. The molecule has 4 rings (SSSR count). The smallest absolute Gasteiger partial charge is 0.367 e. The zero-order chi connectivity index (χ0) is 20.2. The Hall–Kier alpha value is -2.75. The largest absolute Gasteiger partial charge is 0.481 e. The highest BCUT2D eigenvalue weighted by molar-refractivity contribution is 5.32. The van der Waals surface area contributed by atoms with Crippen LogP contribution in [0.15, 0.2) is 23.3 Å². The molecule has 0 amide bonds. The van der Waals surface area contributed by atoms with Crippen molar-refractivity contribution in [3.63, 3.8) is 0 Å². The van der Waals surface area contributed by atoms with E-state index >= 15 is 0 Å². The van der Waals surface area contributed by atoms with Gasteiger partial charge in [-0.15, -0.1) is 0 Å². The highest BCUT2D eigenvalue weighted by Crippen LogP contribution is 2.27. The molecule has 0 aromatic carbocycles. The second kappa shape index (κ2) is 9.84. The van der Waals surface area contributed by atoms with E-state index in [1.165, 1.54) is 10.9 Å². The topological polar surface area (TPSA) is 98.5 Å². The molecule has 164 valence electrons. The number of ether oxygens (including phenoxy) is 2. The number of piperazine rings is 1. The lowest BCUT2D eigenvalue weighted by molar-refractivity contribution is 0.0811. The molecular formula is C20H31N7O3. The highest BCUT2D eigenvalue weighted by atomic mass is 16.5. The van der Waals surface area contributed by atoms with Crippen LogP contribution in [0.2, 0.25) is 0 Å². The molecule has 0 N–H and O–H groups in total. The second-order valence-corrected chi connectivity index (χ2v) is 7.47. The number of methoxy groups -OCH3 is 1. The summed E-state index contributed by atoms with van der Waals surface area (Å²) in [6.07, 6.45) is 7.42. The zero-order valence-corrected chi connectivity index (χ0v) is 16.9. The molecule has 1 aliphatic carbocycles. The van der Waals surface area contributed by atoms with Crippen LogP contribution in [0.5, 0.6) is 11.8 Å². The van der Waals surface area contributed by atoms with Gasteiger partial charge in [0, 0.05) is 51.5 Å². The number of anilines is 1. The van der Waals surface area contributed by atoms with Gasteiger partial charge in [-0.2, -0.15) is 15.1 Å². The molecule has 0 atom stereocenters. The van der Waals surface area contributed by atoms with Crippen molar-refractivity contribution in [1.82, 2.24) is 29.6 Å². The van der Waals surface area contributed by atoms with Crippen LogP contribution in [0.4, 0.5) is 5.95 Å². The van der Waals surface area contributed by atoms with Crippen LogP contribution >= 0.6 is 0 Å². The molecule has 0 unspecified atom stereocenters. The molecule has 2 aromatic rings. The molecule has 30 heavy (non-hydrogen) atoms. The first-order valence-electron chi connectivity index (χ1n) is 10.1. The first-order valence-corrected chi connectivity index (χ1v) is 10.1. The third kappa shape index (κ3) is 5.05. The Kier molecular flexibility index (Phi) is 7.20. The van der Waals surface area contributed by atoms with Gasteiger partial charge in [-0.25, -0.2) is 14.5 Å². The minimum absolute atomic E-state index is 0. The number of aryl methyl sites for hydroxylation is 1. The van der Waals surface area contributed by atoms with Crippen LogP contribution in [0, 0.1) is 0 Å². The average molecular weight is 418 g/mol. The predicted octanol–water partition coefficient (Wildman–Crippen LogP) is 1.12. The molecule has 2 aromatic heterocycles. The third-order valence-electron chi connectivity index (χ3n) is 5.70. The minimum Gasteiger partial charge on any atom is -0.481 e. The lowest BCUT2D eigenvalue weighted by Gasteiger charge is -2.41. The van der Waals surface area contributed by atoms with Gasteiger partial charge in [-0.1, -0.05) is 7.43 Å². The standard InChI is InChI=1S/C19H27N7O3.CH4/c1-24-19(27)23-17(13-21-24)29-15-5-3-14(4-6-15)25-9-11-26(12-10-25)18-20-8-7-16(22-18)28-2;/h7-8,13-15H,3-6,9-12H2,1-2H3;1H4. The summed E-state index contributed by atoms with van der Waals surface area (Å²) in [6, 6.07) is 2.33. The summed E-state index contributed by atoms with van der Waals surface area (Å²) in [7, 11) is 3.19. The second-order valence-electron chi connectivity index (χ2n) is 7.47. The van der Waals surface area contributed by atoms with Crippen LogP contribution < -0.4 is 20.1 Å². The molecule has 0 spiro atoms. The lowest BCUT2D eigenvalue weighted by atomic mass is 9.91. The number of nitrogens with zero attached hydrogens (tertiary/aromatic N) is 7. The summed E-state index contributed by atoms with van der Waals surface area (Å²) in [6.45, 7) is 3.81. The van der Waals surface area contributed by atoms with Crippen LogP contribution in [0.1, 0.15) is 33.1 Å². The highest BCUT2D eigenvalue weighted by Gasteiger charge is 2.30. The van der Waals surface area contributed by atoms with Crippen molar-refractivity contribution in [2.45, 2.75) is 45.3 Å². The number of rotatable bonds is 5. The van der Waals surface area contributed by atoms with E-state index in [4.69, 9.17) is 9.47 Å². The molecule has 2 aliphatic rings. The Morgan fingerprint density at radius 1 is 1.03 bits per heavy atom. The quantitative estimate of drug-likeness (QED) is 0.709. The van der Waals surface area contributed by atoms with Crippen LogP contribution in [-0.2, 0) is 7.05 Å². The van der Waals surface area contributed by atoms with Crippen molar-refractivity contribution >= 4 is 5.95 Å². The SMILES string of the molecule is C.COc1ccnc(N2CCN(C3CCC(Oc4cnn(C)c(=O)n4)CC3)CC2)n1. The maximum absolute atomic E-state index is 11.6. The van der Waals surface area contributed by atoms with Gasteiger partial charge in [0.25, 0.3) is 0 Å². The zero-order valence-electron chi connectivity index (χ0n) is 16.9. The van der Waals surface area contributed by atoms with Gasteiger partial charge in [0.15, 0.2) is 0 Å². The van der Waals surface area contributed by atoms with Gasteiger partial charge in [-0.3, -0.25) is 4.90 Å². The monoisotopic (exact) mass is 417 g/mol. The van der Waals surface area contributed by atoms with Crippen molar-refractivity contribution in [3.05, 3.63) is 28.9 Å². The molecule has 1 saturated heterocycles. The average Bonchev–Trinajstić information content (AvgIpc) is 2.77. The normalized spacial score (nSPS) is 22.3.